The van der Waals surface area contributed by atoms with Crippen molar-refractivity contribution >= 4 is 34.8 Å². The van der Waals surface area contributed by atoms with Crippen molar-refractivity contribution in [3.05, 3.63) is 28.9 Å². The van der Waals surface area contributed by atoms with Crippen molar-refractivity contribution < 1.29 is 14.3 Å². The van der Waals surface area contributed by atoms with E-state index in [9.17, 15) is 9.59 Å². The van der Waals surface area contributed by atoms with E-state index in [0.29, 0.717) is 23.6 Å². The van der Waals surface area contributed by atoms with Crippen LogP contribution in [0.25, 0.3) is 10.9 Å². The number of aromatic amines is 1. The van der Waals surface area contributed by atoms with Crippen LogP contribution >= 0.6 is 11.6 Å². The minimum absolute atomic E-state index is 0.370. The maximum Gasteiger partial charge on any atom is 0.308 e. The predicted molar refractivity (Wildman–Crippen MR) is 69.0 cm³/mol. The number of carbonyl (C=O) groups is 2. The van der Waals surface area contributed by atoms with Gasteiger partial charge in [0.05, 0.1) is 11.2 Å². The Balaban J connectivity index is 2.52. The molecule has 0 aliphatic carbocycles. The van der Waals surface area contributed by atoms with Crippen LogP contribution in [0.4, 0.5) is 0 Å². The smallest absolute Gasteiger partial charge is 0.308 e. The molecule has 0 saturated carbocycles. The van der Waals surface area contributed by atoms with E-state index in [-0.39, 0.29) is 0 Å². The van der Waals surface area contributed by atoms with E-state index in [1.54, 1.807) is 18.2 Å². The highest BCUT2D eigenvalue weighted by molar-refractivity contribution is 6.31. The van der Waals surface area contributed by atoms with E-state index in [2.05, 4.69) is 4.98 Å². The number of hydrogen-bond donors (Lipinski definition) is 1. The summed E-state index contributed by atoms with van der Waals surface area (Å²) in [7, 11) is 0. The molecule has 4 nitrogen and oxygen atoms in total. The molecule has 0 bridgehead atoms. The highest BCUT2D eigenvalue weighted by atomic mass is 35.5. The third kappa shape index (κ3) is 2.54. The number of rotatable bonds is 4. The summed E-state index contributed by atoms with van der Waals surface area (Å²) >= 11 is 5.91. The fraction of sp³-hybridized carbons (Fsp3) is 0.231. The van der Waals surface area contributed by atoms with Crippen molar-refractivity contribution in [1.29, 1.82) is 0 Å². The maximum absolute atomic E-state index is 11.1. The van der Waals surface area contributed by atoms with Gasteiger partial charge in [-0.3, -0.25) is 4.79 Å². The number of aryl methyl sites for hydroxylation is 1. The molecule has 1 heterocycles. The summed E-state index contributed by atoms with van der Waals surface area (Å²) < 4.78 is 5.21. The van der Waals surface area contributed by atoms with Crippen molar-refractivity contribution in [2.24, 2.45) is 0 Å². The Morgan fingerprint density at radius 1 is 1.50 bits per heavy atom. The van der Waals surface area contributed by atoms with Crippen LogP contribution in [-0.4, -0.2) is 17.2 Å². The Morgan fingerprint density at radius 3 is 2.94 bits per heavy atom. The van der Waals surface area contributed by atoms with Crippen LogP contribution in [0, 0.1) is 0 Å². The second-order valence-corrected chi connectivity index (χ2v) is 4.36. The third-order valence-electron chi connectivity index (χ3n) is 2.54. The summed E-state index contributed by atoms with van der Waals surface area (Å²) in [5, 5.41) is 1.38. The summed E-state index contributed by atoms with van der Waals surface area (Å²) in [4.78, 5) is 24.7. The van der Waals surface area contributed by atoms with Gasteiger partial charge in [0.25, 0.3) is 0 Å². The number of carbonyl (C=O) groups excluding carboxylic acids is 2. The van der Waals surface area contributed by atoms with Crippen LogP contribution in [0.15, 0.2) is 18.2 Å². The van der Waals surface area contributed by atoms with Crippen molar-refractivity contribution in [2.75, 3.05) is 0 Å². The van der Waals surface area contributed by atoms with E-state index in [0.717, 1.165) is 22.9 Å². The lowest BCUT2D eigenvalue weighted by molar-refractivity contribution is -0.131. The Morgan fingerprint density at radius 2 is 2.28 bits per heavy atom. The average Bonchev–Trinajstić information content (AvgIpc) is 2.63. The first-order valence-electron chi connectivity index (χ1n) is 5.54. The minimum Gasteiger partial charge on any atom is -0.424 e. The van der Waals surface area contributed by atoms with Gasteiger partial charge in [0, 0.05) is 23.8 Å². The lowest BCUT2D eigenvalue weighted by Crippen LogP contribution is -2.03. The van der Waals surface area contributed by atoms with Crippen molar-refractivity contribution in [3.8, 4) is 5.75 Å². The van der Waals surface area contributed by atoms with Gasteiger partial charge in [-0.25, -0.2) is 0 Å². The largest absolute Gasteiger partial charge is 0.424 e. The van der Waals surface area contributed by atoms with Crippen LogP contribution < -0.4 is 4.74 Å². The number of halogens is 1. The Kier molecular flexibility index (Phi) is 3.67. The second-order valence-electron chi connectivity index (χ2n) is 3.92. The summed E-state index contributed by atoms with van der Waals surface area (Å²) in [6.45, 7) is 1.35. The zero-order chi connectivity index (χ0) is 13.1. The molecule has 94 valence electrons. The second kappa shape index (κ2) is 5.23. The van der Waals surface area contributed by atoms with E-state index >= 15 is 0 Å². The number of aldehydes is 1. The third-order valence-corrected chi connectivity index (χ3v) is 2.78. The highest BCUT2D eigenvalue weighted by Gasteiger charge is 2.14. The molecule has 0 unspecified atom stereocenters. The standard InChI is InChI=1S/C13H12ClNO3/c1-8(17)18-13-10-5-4-9(14)7-12(10)15-11(13)3-2-6-16/h4-7,15H,2-3H2,1H3. The molecule has 0 aliphatic heterocycles. The van der Waals surface area contributed by atoms with Gasteiger partial charge >= 0.3 is 5.97 Å². The van der Waals surface area contributed by atoms with Gasteiger partial charge in [0.2, 0.25) is 0 Å². The fourth-order valence-electron chi connectivity index (χ4n) is 1.84. The molecule has 1 aromatic carbocycles. The molecule has 18 heavy (non-hydrogen) atoms. The Bertz CT molecular complexity index is 604. The number of esters is 1. The fourth-order valence-corrected chi connectivity index (χ4v) is 2.01. The number of ether oxygens (including phenoxy) is 1. The van der Waals surface area contributed by atoms with E-state index in [1.165, 1.54) is 6.92 Å². The van der Waals surface area contributed by atoms with E-state index in [4.69, 9.17) is 16.3 Å². The first-order valence-corrected chi connectivity index (χ1v) is 5.91. The van der Waals surface area contributed by atoms with Gasteiger partial charge in [0.1, 0.15) is 6.29 Å². The Hall–Kier alpha value is -1.81. The monoisotopic (exact) mass is 265 g/mol. The highest BCUT2D eigenvalue weighted by Crippen LogP contribution is 2.32. The summed E-state index contributed by atoms with van der Waals surface area (Å²) in [6, 6.07) is 5.28. The SMILES string of the molecule is CC(=O)Oc1c(CCC=O)[nH]c2cc(Cl)ccc12. The molecular formula is C13H12ClNO3. The van der Waals surface area contributed by atoms with Gasteiger partial charge in [0.15, 0.2) is 5.75 Å². The maximum atomic E-state index is 11.1. The predicted octanol–water partition coefficient (Wildman–Crippen LogP) is 2.88. The molecule has 0 amide bonds. The van der Waals surface area contributed by atoms with Crippen molar-refractivity contribution in [3.63, 3.8) is 0 Å². The zero-order valence-corrected chi connectivity index (χ0v) is 10.6. The van der Waals surface area contributed by atoms with Crippen molar-refractivity contribution in [1.82, 2.24) is 4.98 Å². The van der Waals surface area contributed by atoms with Gasteiger partial charge in [-0.15, -0.1) is 0 Å². The first kappa shape index (κ1) is 12.6. The Labute approximate surface area is 109 Å². The van der Waals surface area contributed by atoms with Gasteiger partial charge in [-0.05, 0) is 24.6 Å². The summed E-state index contributed by atoms with van der Waals surface area (Å²) in [5.74, 6) is 0.0919. The summed E-state index contributed by atoms with van der Waals surface area (Å²) in [5.41, 5.74) is 1.52. The molecule has 0 saturated heterocycles. The first-order chi connectivity index (χ1) is 8.61. The lowest BCUT2D eigenvalue weighted by Gasteiger charge is -2.02. The molecule has 5 heteroatoms. The van der Waals surface area contributed by atoms with Crippen LogP contribution in [-0.2, 0) is 16.0 Å². The molecule has 0 spiro atoms. The molecular weight excluding hydrogens is 254 g/mol. The quantitative estimate of drug-likeness (QED) is 0.683. The van der Waals surface area contributed by atoms with Crippen LogP contribution in [0.3, 0.4) is 0 Å². The molecule has 0 radical (unpaired) electrons. The minimum atomic E-state index is -0.391. The van der Waals surface area contributed by atoms with Gasteiger partial charge < -0.3 is 14.5 Å². The normalized spacial score (nSPS) is 10.6. The number of benzene rings is 1. The van der Waals surface area contributed by atoms with Crippen LogP contribution in [0.2, 0.25) is 5.02 Å². The number of hydrogen-bond acceptors (Lipinski definition) is 3. The van der Waals surface area contributed by atoms with Crippen LogP contribution in [0.5, 0.6) is 5.75 Å². The lowest BCUT2D eigenvalue weighted by atomic mass is 10.2. The van der Waals surface area contributed by atoms with Gasteiger partial charge in [-0.1, -0.05) is 11.6 Å². The van der Waals surface area contributed by atoms with Crippen LogP contribution in [0.1, 0.15) is 19.0 Å². The summed E-state index contributed by atoms with van der Waals surface area (Å²) in [6.07, 6.45) is 1.70. The van der Waals surface area contributed by atoms with E-state index < -0.39 is 5.97 Å². The number of fused-ring (bicyclic) bond motifs is 1. The average molecular weight is 266 g/mol. The number of aromatic nitrogens is 1. The molecule has 0 atom stereocenters. The van der Waals surface area contributed by atoms with Gasteiger partial charge in [-0.2, -0.15) is 0 Å². The molecule has 0 fully saturated rings. The molecule has 2 aromatic rings. The zero-order valence-electron chi connectivity index (χ0n) is 9.83. The number of nitrogens with one attached hydrogen (secondary N) is 1. The van der Waals surface area contributed by atoms with Crippen molar-refractivity contribution in [2.45, 2.75) is 19.8 Å². The molecule has 2 rings (SSSR count). The molecule has 1 N–H and O–H groups in total. The molecule has 1 aromatic heterocycles. The van der Waals surface area contributed by atoms with E-state index in [1.807, 2.05) is 0 Å². The number of H-pyrrole nitrogens is 1. The molecule has 0 aliphatic rings. The topological polar surface area (TPSA) is 59.2 Å².